The van der Waals surface area contributed by atoms with Crippen molar-refractivity contribution in [3.8, 4) is 0 Å². The minimum Gasteiger partial charge on any atom is -0.264 e. The van der Waals surface area contributed by atoms with Crippen LogP contribution in [0.1, 0.15) is 32.7 Å². The highest BCUT2D eigenvalue weighted by atomic mass is 32.1. The predicted octanol–water partition coefficient (Wildman–Crippen LogP) is 11.2. The molecule has 2 aromatic heterocycles. The van der Waals surface area contributed by atoms with Crippen molar-refractivity contribution in [1.29, 1.82) is 0 Å². The van der Waals surface area contributed by atoms with Crippen LogP contribution in [-0.4, -0.2) is 4.98 Å². The van der Waals surface area contributed by atoms with Crippen LogP contribution in [-0.2, 0) is 0 Å². The SMILES string of the molecule is c1ccc(C(=C2C(=C(c3ccccc3)c3ccccc3)C(c3cc4ccccc4s3)=C2c2cccnc2)c2ccccc2)cc1. The minimum atomic E-state index is 1.12. The van der Waals surface area contributed by atoms with Crippen LogP contribution >= 0.6 is 11.3 Å². The van der Waals surface area contributed by atoms with E-state index in [-0.39, 0.29) is 0 Å². The summed E-state index contributed by atoms with van der Waals surface area (Å²) in [5.41, 5.74) is 13.4. The summed E-state index contributed by atoms with van der Waals surface area (Å²) < 4.78 is 1.29. The second-order valence-electron chi connectivity index (χ2n) is 11.1. The maximum Gasteiger partial charge on any atom is 0.0368 e. The van der Waals surface area contributed by atoms with Gasteiger partial charge in [0.25, 0.3) is 0 Å². The highest BCUT2D eigenvalue weighted by Gasteiger charge is 2.38. The summed E-state index contributed by atoms with van der Waals surface area (Å²) in [6, 6.07) is 58.7. The Morgan fingerprint density at radius 3 is 1.38 bits per heavy atom. The van der Waals surface area contributed by atoms with E-state index >= 15 is 0 Å². The van der Waals surface area contributed by atoms with E-state index in [0.29, 0.717) is 0 Å². The minimum absolute atomic E-state index is 1.12. The average Bonchev–Trinajstić information content (AvgIpc) is 3.54. The fourth-order valence-corrected chi connectivity index (χ4v) is 7.54. The second-order valence-corrected chi connectivity index (χ2v) is 12.2. The number of thiophene rings is 1. The zero-order valence-corrected chi connectivity index (χ0v) is 25.4. The molecule has 0 unspecified atom stereocenters. The van der Waals surface area contributed by atoms with Crippen LogP contribution in [0.5, 0.6) is 0 Å². The molecule has 7 aromatic rings. The second kappa shape index (κ2) is 11.8. The highest BCUT2D eigenvalue weighted by molar-refractivity contribution is 7.20. The molecule has 2 heteroatoms. The third-order valence-electron chi connectivity index (χ3n) is 8.37. The van der Waals surface area contributed by atoms with Crippen LogP contribution in [0.15, 0.2) is 187 Å². The van der Waals surface area contributed by atoms with E-state index in [2.05, 4.69) is 163 Å². The normalized spacial score (nSPS) is 12.7. The number of fused-ring (bicyclic) bond motifs is 1. The first kappa shape index (κ1) is 27.0. The molecule has 1 nitrogen and oxygen atoms in total. The maximum absolute atomic E-state index is 4.61. The summed E-state index contributed by atoms with van der Waals surface area (Å²) in [6.45, 7) is 0. The van der Waals surface area contributed by atoms with E-state index in [1.165, 1.54) is 70.7 Å². The lowest BCUT2D eigenvalue weighted by molar-refractivity contribution is 1.29. The van der Waals surface area contributed by atoms with Gasteiger partial charge in [0.15, 0.2) is 0 Å². The Bertz CT molecular complexity index is 2090. The molecular weight excluding hydrogens is 563 g/mol. The van der Waals surface area contributed by atoms with Crippen LogP contribution in [0, 0.1) is 0 Å². The standard InChI is InChI=1S/C43H29NS/c1-5-16-30(17-6-1)38(31-18-7-2-8-19-31)42-40(35-25-15-27-44-29-35)41(37-28-34-24-13-14-26-36(34)45-37)43(42)39(32-20-9-3-10-21-32)33-22-11-4-12-23-33/h1-29H. The van der Waals surface area contributed by atoms with Gasteiger partial charge in [-0.05, 0) is 62.6 Å². The zero-order valence-electron chi connectivity index (χ0n) is 24.6. The number of hydrogen-bond acceptors (Lipinski definition) is 2. The quantitative estimate of drug-likeness (QED) is 0.187. The Morgan fingerprint density at radius 1 is 0.444 bits per heavy atom. The van der Waals surface area contributed by atoms with E-state index in [1.54, 1.807) is 0 Å². The summed E-state index contributed by atoms with van der Waals surface area (Å²) in [5.74, 6) is 0. The first-order chi connectivity index (χ1) is 22.4. The molecule has 0 saturated carbocycles. The molecule has 45 heavy (non-hydrogen) atoms. The molecule has 1 aliphatic carbocycles. The van der Waals surface area contributed by atoms with Crippen molar-refractivity contribution in [2.24, 2.45) is 0 Å². The average molecular weight is 592 g/mol. The Hall–Kier alpha value is -5.57. The monoisotopic (exact) mass is 591 g/mol. The first-order valence-electron chi connectivity index (χ1n) is 15.2. The van der Waals surface area contributed by atoms with Gasteiger partial charge in [0, 0.05) is 44.3 Å². The van der Waals surface area contributed by atoms with Crippen LogP contribution in [0.2, 0.25) is 0 Å². The van der Waals surface area contributed by atoms with Crippen LogP contribution < -0.4 is 0 Å². The van der Waals surface area contributed by atoms with Gasteiger partial charge in [-0.1, -0.05) is 146 Å². The van der Waals surface area contributed by atoms with Crippen molar-refractivity contribution >= 4 is 43.7 Å². The van der Waals surface area contributed by atoms with E-state index in [9.17, 15) is 0 Å². The lowest BCUT2D eigenvalue weighted by atomic mass is 9.66. The number of nitrogens with zero attached hydrogens (tertiary/aromatic N) is 1. The summed E-state index contributed by atoms with van der Waals surface area (Å²) in [4.78, 5) is 5.88. The van der Waals surface area contributed by atoms with E-state index in [1.807, 2.05) is 29.8 Å². The lowest BCUT2D eigenvalue weighted by Gasteiger charge is -2.36. The molecule has 0 spiro atoms. The van der Waals surface area contributed by atoms with Gasteiger partial charge in [-0.3, -0.25) is 4.98 Å². The molecule has 2 heterocycles. The predicted molar refractivity (Wildman–Crippen MR) is 191 cm³/mol. The third-order valence-corrected chi connectivity index (χ3v) is 9.51. The summed E-state index contributed by atoms with van der Waals surface area (Å²) >= 11 is 1.86. The molecule has 0 fully saturated rings. The molecular formula is C43H29NS. The molecule has 0 amide bonds. The van der Waals surface area contributed by atoms with Crippen molar-refractivity contribution in [1.82, 2.24) is 4.98 Å². The molecule has 1 aliphatic rings. The van der Waals surface area contributed by atoms with Gasteiger partial charge in [0.05, 0.1) is 0 Å². The number of rotatable bonds is 6. The lowest BCUT2D eigenvalue weighted by Crippen LogP contribution is -2.16. The van der Waals surface area contributed by atoms with Crippen molar-refractivity contribution in [3.63, 3.8) is 0 Å². The fraction of sp³-hybridized carbons (Fsp3) is 0. The smallest absolute Gasteiger partial charge is 0.0368 e. The Morgan fingerprint density at radius 2 is 0.911 bits per heavy atom. The molecule has 0 aliphatic heterocycles. The molecule has 212 valence electrons. The Balaban J connectivity index is 1.60. The molecule has 0 saturated heterocycles. The van der Waals surface area contributed by atoms with Crippen molar-refractivity contribution in [2.45, 2.75) is 0 Å². The molecule has 0 bridgehead atoms. The summed E-state index contributed by atoms with van der Waals surface area (Å²) in [5, 5.41) is 1.26. The van der Waals surface area contributed by atoms with Gasteiger partial charge in [0.1, 0.15) is 0 Å². The van der Waals surface area contributed by atoms with Gasteiger partial charge in [-0.15, -0.1) is 11.3 Å². The largest absolute Gasteiger partial charge is 0.264 e. The van der Waals surface area contributed by atoms with E-state index in [0.717, 1.165) is 5.56 Å². The van der Waals surface area contributed by atoms with Crippen molar-refractivity contribution in [3.05, 3.63) is 220 Å². The van der Waals surface area contributed by atoms with Gasteiger partial charge < -0.3 is 0 Å². The van der Waals surface area contributed by atoms with Gasteiger partial charge >= 0.3 is 0 Å². The van der Waals surface area contributed by atoms with Gasteiger partial charge in [-0.25, -0.2) is 0 Å². The Labute approximate surface area is 267 Å². The molecule has 0 radical (unpaired) electrons. The summed E-state index contributed by atoms with van der Waals surface area (Å²) in [7, 11) is 0. The third kappa shape index (κ3) is 4.96. The first-order valence-corrected chi connectivity index (χ1v) is 16.0. The summed E-state index contributed by atoms with van der Waals surface area (Å²) in [6.07, 6.45) is 3.87. The van der Waals surface area contributed by atoms with Crippen molar-refractivity contribution in [2.75, 3.05) is 0 Å². The Kier molecular flexibility index (Phi) is 7.11. The topological polar surface area (TPSA) is 12.9 Å². The molecule has 0 N–H and O–H groups in total. The maximum atomic E-state index is 4.61. The number of benzene rings is 5. The molecule has 0 atom stereocenters. The number of pyridine rings is 1. The van der Waals surface area contributed by atoms with Gasteiger partial charge in [-0.2, -0.15) is 0 Å². The molecule has 8 rings (SSSR count). The van der Waals surface area contributed by atoms with Crippen LogP contribution in [0.4, 0.5) is 0 Å². The number of hydrogen-bond donors (Lipinski definition) is 0. The molecule has 5 aromatic carbocycles. The number of aromatic nitrogens is 1. The van der Waals surface area contributed by atoms with Gasteiger partial charge in [0.2, 0.25) is 0 Å². The number of allylic oxidation sites excluding steroid dienone is 4. The van der Waals surface area contributed by atoms with E-state index in [4.69, 9.17) is 0 Å². The van der Waals surface area contributed by atoms with Crippen LogP contribution in [0.3, 0.4) is 0 Å². The highest BCUT2D eigenvalue weighted by Crippen LogP contribution is 2.59. The van der Waals surface area contributed by atoms with Crippen molar-refractivity contribution < 1.29 is 0 Å². The van der Waals surface area contributed by atoms with E-state index < -0.39 is 0 Å². The zero-order chi connectivity index (χ0) is 30.0. The van der Waals surface area contributed by atoms with Crippen LogP contribution in [0.25, 0.3) is 32.4 Å². The fourth-order valence-electron chi connectivity index (χ4n) is 6.42.